The van der Waals surface area contributed by atoms with Crippen LogP contribution in [0, 0.1) is 0 Å². The van der Waals surface area contributed by atoms with Gasteiger partial charge in [-0.2, -0.15) is 0 Å². The van der Waals surface area contributed by atoms with Gasteiger partial charge in [-0.3, -0.25) is 15.0 Å². The first-order valence-electron chi connectivity index (χ1n) is 7.76. The van der Waals surface area contributed by atoms with Crippen molar-refractivity contribution in [3.05, 3.63) is 53.9 Å². The van der Waals surface area contributed by atoms with Crippen LogP contribution in [-0.4, -0.2) is 39.7 Å². The average molecular weight is 342 g/mol. The molecule has 2 heterocycles. The zero-order chi connectivity index (χ0) is 17.8. The van der Waals surface area contributed by atoms with E-state index in [1.165, 1.54) is 0 Å². The third-order valence-corrected chi connectivity index (χ3v) is 3.96. The van der Waals surface area contributed by atoms with Crippen molar-refractivity contribution in [3.8, 4) is 5.75 Å². The molecular formula is C17H18N4O4. The lowest BCUT2D eigenvalue weighted by atomic mass is 10.1. The standard InChI is InChI=1S/C17H18N4O4/c1-11-10-25-15-7-12(16(22)20-24)4-5-13(15)9-21(11)17(23)19-14-3-2-6-18-8-14/h2-8,11,24H,9-10H2,1H3,(H,19,23)(H,20,22)/t11-/m0/s1. The van der Waals surface area contributed by atoms with E-state index in [0.29, 0.717) is 18.0 Å². The minimum atomic E-state index is -0.616. The SMILES string of the molecule is C[C@H]1COc2cc(C(=O)NO)ccc2CN1C(=O)Nc1cccnc1. The zero-order valence-corrected chi connectivity index (χ0v) is 13.6. The summed E-state index contributed by atoms with van der Waals surface area (Å²) in [6.45, 7) is 2.51. The van der Waals surface area contributed by atoms with E-state index in [4.69, 9.17) is 9.94 Å². The number of aromatic nitrogens is 1. The number of ether oxygens (including phenoxy) is 1. The Morgan fingerprint density at radius 1 is 1.36 bits per heavy atom. The summed E-state index contributed by atoms with van der Waals surface area (Å²) < 4.78 is 5.73. The van der Waals surface area contributed by atoms with E-state index in [0.717, 1.165) is 5.56 Å². The summed E-state index contributed by atoms with van der Waals surface area (Å²) in [6.07, 6.45) is 3.21. The highest BCUT2D eigenvalue weighted by molar-refractivity contribution is 5.94. The van der Waals surface area contributed by atoms with E-state index in [9.17, 15) is 9.59 Å². The van der Waals surface area contributed by atoms with Crippen LogP contribution in [0.15, 0.2) is 42.7 Å². The van der Waals surface area contributed by atoms with Crippen molar-refractivity contribution in [1.82, 2.24) is 15.4 Å². The predicted molar refractivity (Wildman–Crippen MR) is 89.5 cm³/mol. The monoisotopic (exact) mass is 342 g/mol. The maximum Gasteiger partial charge on any atom is 0.322 e. The van der Waals surface area contributed by atoms with E-state index < -0.39 is 5.91 Å². The Morgan fingerprint density at radius 3 is 2.92 bits per heavy atom. The van der Waals surface area contributed by atoms with Crippen LogP contribution in [-0.2, 0) is 6.54 Å². The maximum absolute atomic E-state index is 12.6. The number of carbonyl (C=O) groups is 2. The Hall–Kier alpha value is -3.13. The third-order valence-electron chi connectivity index (χ3n) is 3.96. The largest absolute Gasteiger partial charge is 0.491 e. The molecule has 1 atom stereocenters. The van der Waals surface area contributed by atoms with Crippen LogP contribution >= 0.6 is 0 Å². The van der Waals surface area contributed by atoms with E-state index in [2.05, 4.69) is 10.3 Å². The van der Waals surface area contributed by atoms with Gasteiger partial charge in [0, 0.05) is 17.3 Å². The molecule has 1 aliphatic heterocycles. The van der Waals surface area contributed by atoms with Crippen molar-refractivity contribution >= 4 is 17.6 Å². The first-order chi connectivity index (χ1) is 12.1. The molecular weight excluding hydrogens is 324 g/mol. The Morgan fingerprint density at radius 2 is 2.20 bits per heavy atom. The molecule has 3 rings (SSSR count). The van der Waals surface area contributed by atoms with Crippen molar-refractivity contribution < 1.29 is 19.5 Å². The summed E-state index contributed by atoms with van der Waals surface area (Å²) in [5, 5.41) is 11.5. The first kappa shape index (κ1) is 16.7. The fourth-order valence-electron chi connectivity index (χ4n) is 2.57. The van der Waals surface area contributed by atoms with Gasteiger partial charge >= 0.3 is 6.03 Å². The Labute approximate surface area is 144 Å². The molecule has 25 heavy (non-hydrogen) atoms. The molecule has 8 nitrogen and oxygen atoms in total. The van der Waals surface area contributed by atoms with Gasteiger partial charge in [0.15, 0.2) is 0 Å². The fourth-order valence-corrected chi connectivity index (χ4v) is 2.57. The molecule has 2 aromatic rings. The number of pyridine rings is 1. The maximum atomic E-state index is 12.6. The van der Waals surface area contributed by atoms with E-state index in [1.807, 2.05) is 6.92 Å². The summed E-state index contributed by atoms with van der Waals surface area (Å²) >= 11 is 0. The summed E-state index contributed by atoms with van der Waals surface area (Å²) in [6, 6.07) is 7.92. The summed E-state index contributed by atoms with van der Waals surface area (Å²) in [4.78, 5) is 29.8. The van der Waals surface area contributed by atoms with Gasteiger partial charge in [0.25, 0.3) is 5.91 Å². The molecule has 3 N–H and O–H groups in total. The molecule has 0 saturated carbocycles. The lowest BCUT2D eigenvalue weighted by Crippen LogP contribution is -2.42. The predicted octanol–water partition coefficient (Wildman–Crippen LogP) is 2.02. The highest BCUT2D eigenvalue weighted by Crippen LogP contribution is 2.27. The van der Waals surface area contributed by atoms with Crippen LogP contribution in [0.1, 0.15) is 22.8 Å². The van der Waals surface area contributed by atoms with Crippen LogP contribution < -0.4 is 15.5 Å². The third kappa shape index (κ3) is 3.69. The molecule has 130 valence electrons. The minimum Gasteiger partial charge on any atom is -0.491 e. The molecule has 1 aromatic carbocycles. The van der Waals surface area contributed by atoms with Crippen LogP contribution in [0.2, 0.25) is 0 Å². The number of anilines is 1. The number of hydrogen-bond acceptors (Lipinski definition) is 5. The topological polar surface area (TPSA) is 104 Å². The lowest BCUT2D eigenvalue weighted by Gasteiger charge is -2.26. The van der Waals surface area contributed by atoms with Gasteiger partial charge in [-0.05, 0) is 31.2 Å². The van der Waals surface area contributed by atoms with Gasteiger partial charge in [0.1, 0.15) is 12.4 Å². The smallest absolute Gasteiger partial charge is 0.322 e. The second-order valence-corrected chi connectivity index (χ2v) is 5.72. The quantitative estimate of drug-likeness (QED) is 0.572. The van der Waals surface area contributed by atoms with Gasteiger partial charge in [-0.1, -0.05) is 6.07 Å². The molecule has 0 spiro atoms. The molecule has 0 fully saturated rings. The van der Waals surface area contributed by atoms with Gasteiger partial charge in [-0.25, -0.2) is 10.3 Å². The Bertz CT molecular complexity index is 781. The van der Waals surface area contributed by atoms with E-state index in [1.54, 1.807) is 53.1 Å². The van der Waals surface area contributed by atoms with Crippen molar-refractivity contribution in [2.75, 3.05) is 11.9 Å². The van der Waals surface area contributed by atoms with Gasteiger partial charge in [-0.15, -0.1) is 0 Å². The normalized spacial score (nSPS) is 16.2. The molecule has 0 unspecified atom stereocenters. The Balaban J connectivity index is 1.80. The number of nitrogens with one attached hydrogen (secondary N) is 2. The number of hydroxylamine groups is 1. The average Bonchev–Trinajstić information content (AvgIpc) is 2.80. The molecule has 0 radical (unpaired) electrons. The van der Waals surface area contributed by atoms with Crippen molar-refractivity contribution in [2.45, 2.75) is 19.5 Å². The summed E-state index contributed by atoms with van der Waals surface area (Å²) in [5.41, 5.74) is 3.26. The molecule has 3 amide bonds. The highest BCUT2D eigenvalue weighted by atomic mass is 16.5. The molecule has 0 saturated heterocycles. The fraction of sp³-hybridized carbons (Fsp3) is 0.235. The van der Waals surface area contributed by atoms with Crippen LogP contribution in [0.5, 0.6) is 5.75 Å². The number of hydrogen-bond donors (Lipinski definition) is 3. The number of benzene rings is 1. The second-order valence-electron chi connectivity index (χ2n) is 5.72. The molecule has 8 heteroatoms. The molecule has 1 aliphatic rings. The number of urea groups is 1. The van der Waals surface area contributed by atoms with Gasteiger partial charge in [0.2, 0.25) is 0 Å². The number of carbonyl (C=O) groups excluding carboxylic acids is 2. The molecule has 1 aromatic heterocycles. The number of amides is 3. The highest BCUT2D eigenvalue weighted by Gasteiger charge is 2.26. The summed E-state index contributed by atoms with van der Waals surface area (Å²) in [7, 11) is 0. The van der Waals surface area contributed by atoms with Crippen LogP contribution in [0.4, 0.5) is 10.5 Å². The molecule has 0 bridgehead atoms. The van der Waals surface area contributed by atoms with Gasteiger partial charge in [0.05, 0.1) is 24.5 Å². The molecule has 0 aliphatic carbocycles. The van der Waals surface area contributed by atoms with Crippen molar-refractivity contribution in [1.29, 1.82) is 0 Å². The first-order valence-corrected chi connectivity index (χ1v) is 7.76. The van der Waals surface area contributed by atoms with Crippen molar-refractivity contribution in [2.24, 2.45) is 0 Å². The Kier molecular flexibility index (Phi) is 4.80. The van der Waals surface area contributed by atoms with Crippen molar-refractivity contribution in [3.63, 3.8) is 0 Å². The minimum absolute atomic E-state index is 0.167. The number of nitrogens with zero attached hydrogens (tertiary/aromatic N) is 2. The number of rotatable bonds is 2. The van der Waals surface area contributed by atoms with Crippen LogP contribution in [0.3, 0.4) is 0 Å². The lowest BCUT2D eigenvalue weighted by molar-refractivity contribution is 0.0706. The van der Waals surface area contributed by atoms with E-state index in [-0.39, 0.29) is 24.2 Å². The summed E-state index contributed by atoms with van der Waals surface area (Å²) in [5.74, 6) is -0.0977. The zero-order valence-electron chi connectivity index (χ0n) is 13.6. The number of fused-ring (bicyclic) bond motifs is 1. The van der Waals surface area contributed by atoms with Crippen LogP contribution in [0.25, 0.3) is 0 Å². The second kappa shape index (κ2) is 7.18. The van der Waals surface area contributed by atoms with Gasteiger partial charge < -0.3 is 15.0 Å². The van der Waals surface area contributed by atoms with E-state index >= 15 is 0 Å².